The number of carbonyl (C=O) groups is 1. The number of halogens is 1. The van der Waals surface area contributed by atoms with Crippen molar-refractivity contribution in [3.63, 3.8) is 0 Å². The zero-order valence-corrected chi connectivity index (χ0v) is 25.1. The lowest BCUT2D eigenvalue weighted by molar-refractivity contribution is -0.131. The second-order valence-corrected chi connectivity index (χ2v) is 13.2. The van der Waals surface area contributed by atoms with Crippen LogP contribution < -0.4 is 16.4 Å². The summed E-state index contributed by atoms with van der Waals surface area (Å²) in [6, 6.07) is 11.5. The monoisotopic (exact) mass is 599 g/mol. The van der Waals surface area contributed by atoms with Crippen LogP contribution in [0.15, 0.2) is 48.2 Å². The van der Waals surface area contributed by atoms with Crippen molar-refractivity contribution in [2.45, 2.75) is 51.6 Å². The van der Waals surface area contributed by atoms with E-state index in [2.05, 4.69) is 57.8 Å². The van der Waals surface area contributed by atoms with Gasteiger partial charge in [-0.05, 0) is 48.4 Å². The molecule has 214 valence electrons. The predicted octanol–water partition coefficient (Wildman–Crippen LogP) is 5.99. The number of benzene rings is 2. The van der Waals surface area contributed by atoms with Gasteiger partial charge in [0.25, 0.3) is 0 Å². The second-order valence-electron chi connectivity index (χ2n) is 11.9. The summed E-state index contributed by atoms with van der Waals surface area (Å²) in [5, 5.41) is 27.0. The maximum absolute atomic E-state index is 12.4. The molecule has 10 nitrogen and oxygen atoms in total. The van der Waals surface area contributed by atoms with Crippen LogP contribution in [0.5, 0.6) is 0 Å². The summed E-state index contributed by atoms with van der Waals surface area (Å²) in [6.45, 7) is 7.02. The smallest absolute Gasteiger partial charge is 0.245 e. The topological polar surface area (TPSA) is 147 Å². The molecule has 3 aromatic heterocycles. The van der Waals surface area contributed by atoms with Crippen molar-refractivity contribution >= 4 is 61.3 Å². The van der Waals surface area contributed by atoms with E-state index in [0.717, 1.165) is 27.6 Å². The Hall–Kier alpha value is -4.27. The fraction of sp³-hybridized carbons (Fsp3) is 0.333. The first-order valence-corrected chi connectivity index (χ1v) is 14.9. The van der Waals surface area contributed by atoms with Gasteiger partial charge in [0.2, 0.25) is 5.91 Å². The number of carbonyl (C=O) groups excluding carboxylic acids is 1. The van der Waals surface area contributed by atoms with Gasteiger partial charge in [0.05, 0.1) is 49.8 Å². The zero-order chi connectivity index (χ0) is 29.6. The number of pyridine rings is 1. The standard InChI is InChI=1S/C30H30ClN9OS/c1-29(2,3)15-35-24-17(12-32)13-34-25-20(24)10-18(11-21(25)31)37-26(19-6-4-7-22-27(19)42-16-36-22)23-14-40(39-38-23)30(28(33)41)8-5-9-30/h4,6-7,10-11,13-14,16,26,37H,5,8-9,15H2,1-3H3,(H2,33,41)(H,34,35)/t26-/m0/s1. The molecular formula is C30H30ClN9OS. The fourth-order valence-electron chi connectivity index (χ4n) is 5.30. The quantitative estimate of drug-likeness (QED) is 0.197. The number of primary amides is 1. The molecule has 1 atom stereocenters. The first-order valence-electron chi connectivity index (χ1n) is 13.7. The van der Waals surface area contributed by atoms with Crippen LogP contribution >= 0.6 is 22.9 Å². The average molecular weight is 600 g/mol. The van der Waals surface area contributed by atoms with Gasteiger partial charge in [-0.1, -0.05) is 49.7 Å². The normalized spacial score (nSPS) is 15.2. The number of anilines is 2. The third-order valence-electron chi connectivity index (χ3n) is 7.73. The van der Waals surface area contributed by atoms with Gasteiger partial charge >= 0.3 is 0 Å². The molecule has 1 amide bonds. The van der Waals surface area contributed by atoms with Gasteiger partial charge in [0.15, 0.2) is 0 Å². The minimum Gasteiger partial charge on any atom is -0.383 e. The Morgan fingerprint density at radius 1 is 1.29 bits per heavy atom. The highest BCUT2D eigenvalue weighted by molar-refractivity contribution is 7.17. The molecule has 2 aromatic carbocycles. The van der Waals surface area contributed by atoms with Crippen molar-refractivity contribution in [2.24, 2.45) is 11.1 Å². The zero-order valence-electron chi connectivity index (χ0n) is 23.5. The number of amides is 1. The minimum absolute atomic E-state index is 0.0188. The number of aromatic nitrogens is 5. The average Bonchev–Trinajstić information content (AvgIpc) is 3.59. The summed E-state index contributed by atoms with van der Waals surface area (Å²) in [7, 11) is 0. The molecule has 3 heterocycles. The van der Waals surface area contributed by atoms with Crippen LogP contribution in [0.25, 0.3) is 21.1 Å². The highest BCUT2D eigenvalue weighted by Crippen LogP contribution is 2.41. The molecule has 1 saturated carbocycles. The van der Waals surface area contributed by atoms with Crippen LogP contribution in [0.1, 0.15) is 62.9 Å². The van der Waals surface area contributed by atoms with Crippen molar-refractivity contribution in [2.75, 3.05) is 17.2 Å². The van der Waals surface area contributed by atoms with Crippen molar-refractivity contribution in [3.05, 3.63) is 70.1 Å². The first kappa shape index (κ1) is 27.9. The molecule has 4 N–H and O–H groups in total. The van der Waals surface area contributed by atoms with Crippen LogP contribution in [0, 0.1) is 16.7 Å². The first-order chi connectivity index (χ1) is 20.1. The number of nitrogens with zero attached hydrogens (tertiary/aromatic N) is 6. The Labute approximate surface area is 251 Å². The summed E-state index contributed by atoms with van der Waals surface area (Å²) in [5.41, 5.74) is 11.6. The van der Waals surface area contributed by atoms with Gasteiger partial charge in [-0.3, -0.25) is 9.78 Å². The Bertz CT molecular complexity index is 1860. The van der Waals surface area contributed by atoms with Crippen molar-refractivity contribution in [1.82, 2.24) is 25.0 Å². The molecule has 12 heteroatoms. The molecule has 1 aliphatic carbocycles. The summed E-state index contributed by atoms with van der Waals surface area (Å²) >= 11 is 8.33. The van der Waals surface area contributed by atoms with E-state index in [-0.39, 0.29) is 5.41 Å². The van der Waals surface area contributed by atoms with Gasteiger partial charge in [0.1, 0.15) is 17.3 Å². The van der Waals surface area contributed by atoms with Crippen molar-refractivity contribution < 1.29 is 4.79 Å². The van der Waals surface area contributed by atoms with Gasteiger partial charge < -0.3 is 16.4 Å². The third-order valence-corrected chi connectivity index (χ3v) is 8.91. The Balaban J connectivity index is 1.47. The maximum atomic E-state index is 12.4. The number of rotatable bonds is 8. The van der Waals surface area contributed by atoms with Crippen molar-refractivity contribution in [3.8, 4) is 6.07 Å². The van der Waals surface area contributed by atoms with E-state index in [0.29, 0.717) is 52.6 Å². The van der Waals surface area contributed by atoms with E-state index >= 15 is 0 Å². The Kier molecular flexibility index (Phi) is 6.99. The largest absolute Gasteiger partial charge is 0.383 e. The molecule has 42 heavy (non-hydrogen) atoms. The second kappa shape index (κ2) is 10.5. The third kappa shape index (κ3) is 4.91. The Morgan fingerprint density at radius 3 is 2.79 bits per heavy atom. The number of hydrogen-bond donors (Lipinski definition) is 3. The molecule has 0 unspecified atom stereocenters. The fourth-order valence-corrected chi connectivity index (χ4v) is 6.41. The highest BCUT2D eigenvalue weighted by atomic mass is 35.5. The summed E-state index contributed by atoms with van der Waals surface area (Å²) in [6.07, 6.45) is 5.52. The molecule has 0 spiro atoms. The SMILES string of the molecule is CC(C)(C)CNc1c(C#N)cnc2c(Cl)cc(N[C@H](c3cn(C4(C(N)=O)CCC4)nn3)c3cccc4ncsc34)cc12. The van der Waals surface area contributed by atoms with Crippen molar-refractivity contribution in [1.29, 1.82) is 5.26 Å². The van der Waals surface area contributed by atoms with E-state index in [1.54, 1.807) is 28.4 Å². The molecule has 5 aromatic rings. The van der Waals surface area contributed by atoms with Crippen LogP contribution in [0.2, 0.25) is 5.02 Å². The lowest BCUT2D eigenvalue weighted by atomic mass is 9.76. The van der Waals surface area contributed by atoms with Crippen LogP contribution in [0.4, 0.5) is 11.4 Å². The van der Waals surface area contributed by atoms with E-state index < -0.39 is 17.5 Å². The number of thiazole rings is 1. The van der Waals surface area contributed by atoms with E-state index in [1.165, 1.54) is 0 Å². The molecule has 0 radical (unpaired) electrons. The summed E-state index contributed by atoms with van der Waals surface area (Å²) in [4.78, 5) is 21.4. The number of nitrogens with one attached hydrogen (secondary N) is 2. The van der Waals surface area contributed by atoms with Crippen LogP contribution in [-0.4, -0.2) is 37.4 Å². The lowest BCUT2D eigenvalue weighted by Gasteiger charge is -2.38. The van der Waals surface area contributed by atoms with Gasteiger partial charge in [0, 0.05) is 23.8 Å². The van der Waals surface area contributed by atoms with E-state index in [4.69, 9.17) is 17.3 Å². The molecule has 1 fully saturated rings. The summed E-state index contributed by atoms with van der Waals surface area (Å²) < 4.78 is 2.62. The van der Waals surface area contributed by atoms with Gasteiger partial charge in [-0.25, -0.2) is 9.67 Å². The van der Waals surface area contributed by atoms with E-state index in [9.17, 15) is 10.1 Å². The molecule has 0 saturated heterocycles. The molecule has 1 aliphatic rings. The minimum atomic E-state index is -0.856. The van der Waals surface area contributed by atoms with Crippen LogP contribution in [-0.2, 0) is 10.3 Å². The van der Waals surface area contributed by atoms with Gasteiger partial charge in [-0.15, -0.1) is 16.4 Å². The molecule has 0 aliphatic heterocycles. The molecule has 6 rings (SSSR count). The predicted molar refractivity (Wildman–Crippen MR) is 166 cm³/mol. The number of fused-ring (bicyclic) bond motifs is 2. The number of nitrogens with two attached hydrogens (primary N) is 1. The van der Waals surface area contributed by atoms with Gasteiger partial charge in [-0.2, -0.15) is 5.26 Å². The van der Waals surface area contributed by atoms with E-state index in [1.807, 2.05) is 35.8 Å². The highest BCUT2D eigenvalue weighted by Gasteiger charge is 2.46. The maximum Gasteiger partial charge on any atom is 0.245 e. The Morgan fingerprint density at radius 2 is 2.10 bits per heavy atom. The summed E-state index contributed by atoms with van der Waals surface area (Å²) in [5.74, 6) is -0.406. The number of hydrogen-bond acceptors (Lipinski definition) is 9. The lowest BCUT2D eigenvalue weighted by Crippen LogP contribution is -2.51. The van der Waals surface area contributed by atoms with Crippen LogP contribution in [0.3, 0.4) is 0 Å². The molecule has 0 bridgehead atoms. The number of nitriles is 1. The molecular weight excluding hydrogens is 570 g/mol.